The monoisotopic (exact) mass is 188 g/mol. The third-order valence-electron chi connectivity index (χ3n) is 2.03. The fourth-order valence-electron chi connectivity index (χ4n) is 1.19. The number of hydrogen-bond acceptors (Lipinski definition) is 2. The summed E-state index contributed by atoms with van der Waals surface area (Å²) in [4.78, 5) is 8.04. The Morgan fingerprint density at radius 2 is 1.93 bits per heavy atom. The Bertz CT molecular complexity index is 310. The highest BCUT2D eigenvalue weighted by Gasteiger charge is 2.01. The van der Waals surface area contributed by atoms with Gasteiger partial charge in [0, 0.05) is 12.5 Å². The van der Waals surface area contributed by atoms with Crippen molar-refractivity contribution >= 4 is 6.01 Å². The van der Waals surface area contributed by atoms with E-state index in [9.17, 15) is 0 Å². The van der Waals surface area contributed by atoms with Crippen LogP contribution in [-0.2, 0) is 0 Å². The first-order valence-electron chi connectivity index (χ1n) is 4.97. The average molecular weight is 188 g/mol. The van der Waals surface area contributed by atoms with Crippen molar-refractivity contribution in [3.8, 4) is 0 Å². The number of nitrogens with zero attached hydrogens (tertiary/aromatic N) is 2. The zero-order valence-corrected chi connectivity index (χ0v) is 8.77. The van der Waals surface area contributed by atoms with Gasteiger partial charge in [0.1, 0.15) is 0 Å². The predicted molar refractivity (Wildman–Crippen MR) is 60.1 cm³/mol. The SMILES string of the molecule is CCN=C=NCC(C)c1ccccc1. The molecule has 1 aromatic rings. The van der Waals surface area contributed by atoms with Crippen LogP contribution in [0.25, 0.3) is 0 Å². The van der Waals surface area contributed by atoms with Crippen LogP contribution in [0, 0.1) is 0 Å². The molecule has 0 saturated heterocycles. The molecule has 0 aromatic heterocycles. The highest BCUT2D eigenvalue weighted by molar-refractivity contribution is 5.41. The average Bonchev–Trinajstić information content (AvgIpc) is 2.25. The lowest BCUT2D eigenvalue weighted by molar-refractivity contribution is 0.777. The molecule has 0 N–H and O–H groups in total. The molecular weight excluding hydrogens is 172 g/mol. The first-order valence-corrected chi connectivity index (χ1v) is 4.97. The van der Waals surface area contributed by atoms with Crippen LogP contribution >= 0.6 is 0 Å². The molecular formula is C12H16N2. The first-order chi connectivity index (χ1) is 6.84. The van der Waals surface area contributed by atoms with E-state index in [1.54, 1.807) is 0 Å². The molecule has 0 aliphatic heterocycles. The fraction of sp³-hybridized carbons (Fsp3) is 0.417. The molecule has 0 spiro atoms. The van der Waals surface area contributed by atoms with E-state index in [1.807, 2.05) is 13.0 Å². The van der Waals surface area contributed by atoms with Gasteiger partial charge in [-0.15, -0.1) is 0 Å². The summed E-state index contributed by atoms with van der Waals surface area (Å²) >= 11 is 0. The molecule has 0 amide bonds. The molecule has 2 heteroatoms. The quantitative estimate of drug-likeness (QED) is 0.649. The number of hydrogen-bond donors (Lipinski definition) is 0. The van der Waals surface area contributed by atoms with E-state index in [2.05, 4.69) is 47.2 Å². The van der Waals surface area contributed by atoms with Crippen molar-refractivity contribution in [1.82, 2.24) is 0 Å². The van der Waals surface area contributed by atoms with E-state index >= 15 is 0 Å². The zero-order valence-electron chi connectivity index (χ0n) is 8.77. The summed E-state index contributed by atoms with van der Waals surface area (Å²) in [5.74, 6) is 0.441. The molecule has 1 rings (SSSR count). The molecule has 1 aromatic carbocycles. The molecule has 74 valence electrons. The topological polar surface area (TPSA) is 24.7 Å². The lowest BCUT2D eigenvalue weighted by Crippen LogP contribution is -1.96. The van der Waals surface area contributed by atoms with Gasteiger partial charge < -0.3 is 0 Å². The van der Waals surface area contributed by atoms with Gasteiger partial charge in [0.05, 0.1) is 12.6 Å². The molecule has 0 bridgehead atoms. The molecule has 0 radical (unpaired) electrons. The van der Waals surface area contributed by atoms with Gasteiger partial charge in [-0.25, -0.2) is 9.98 Å². The van der Waals surface area contributed by atoms with Gasteiger partial charge in [0.25, 0.3) is 0 Å². The Labute approximate surface area is 85.4 Å². The molecule has 0 saturated carbocycles. The lowest BCUT2D eigenvalue weighted by Gasteiger charge is -2.06. The van der Waals surface area contributed by atoms with Crippen LogP contribution in [0.1, 0.15) is 25.3 Å². The molecule has 0 aliphatic rings. The molecule has 1 atom stereocenters. The van der Waals surface area contributed by atoms with Crippen molar-refractivity contribution in [2.75, 3.05) is 13.1 Å². The fourth-order valence-corrected chi connectivity index (χ4v) is 1.19. The Hall–Kier alpha value is -1.40. The summed E-state index contributed by atoms with van der Waals surface area (Å²) in [6.45, 7) is 5.65. The van der Waals surface area contributed by atoms with Crippen LogP contribution in [0.2, 0.25) is 0 Å². The van der Waals surface area contributed by atoms with E-state index in [-0.39, 0.29) is 0 Å². The summed E-state index contributed by atoms with van der Waals surface area (Å²) in [6, 6.07) is 13.1. The number of aliphatic imine (C=N–C) groups is 2. The van der Waals surface area contributed by atoms with Crippen LogP contribution in [0.5, 0.6) is 0 Å². The van der Waals surface area contributed by atoms with Crippen molar-refractivity contribution < 1.29 is 0 Å². The third-order valence-corrected chi connectivity index (χ3v) is 2.03. The van der Waals surface area contributed by atoms with Crippen LogP contribution in [-0.4, -0.2) is 19.1 Å². The van der Waals surface area contributed by atoms with Crippen molar-refractivity contribution in [3.05, 3.63) is 35.9 Å². The maximum atomic E-state index is 4.12. The van der Waals surface area contributed by atoms with Crippen LogP contribution < -0.4 is 0 Å². The smallest absolute Gasteiger partial charge is 0.0892 e. The molecule has 14 heavy (non-hydrogen) atoms. The second-order valence-corrected chi connectivity index (χ2v) is 3.23. The van der Waals surface area contributed by atoms with E-state index in [4.69, 9.17) is 0 Å². The Kier molecular flexibility index (Phi) is 4.66. The first kappa shape index (κ1) is 10.7. The van der Waals surface area contributed by atoms with Crippen LogP contribution in [0.3, 0.4) is 0 Å². The predicted octanol–water partition coefficient (Wildman–Crippen LogP) is 2.98. The Morgan fingerprint density at radius 1 is 1.21 bits per heavy atom. The van der Waals surface area contributed by atoms with Crippen LogP contribution in [0.15, 0.2) is 40.3 Å². The van der Waals surface area contributed by atoms with Gasteiger partial charge in [0.2, 0.25) is 0 Å². The number of benzene rings is 1. The molecule has 1 unspecified atom stereocenters. The molecule has 0 heterocycles. The normalized spacial score (nSPS) is 11.6. The zero-order chi connectivity index (χ0) is 10.2. The number of rotatable bonds is 4. The molecule has 0 fully saturated rings. The van der Waals surface area contributed by atoms with Gasteiger partial charge in [-0.05, 0) is 12.5 Å². The van der Waals surface area contributed by atoms with Crippen molar-refractivity contribution in [3.63, 3.8) is 0 Å². The maximum Gasteiger partial charge on any atom is 0.0892 e. The van der Waals surface area contributed by atoms with Crippen molar-refractivity contribution in [2.24, 2.45) is 9.98 Å². The second-order valence-electron chi connectivity index (χ2n) is 3.23. The summed E-state index contributed by atoms with van der Waals surface area (Å²) in [5, 5.41) is 0. The minimum absolute atomic E-state index is 0.441. The largest absolute Gasteiger partial charge is 0.226 e. The van der Waals surface area contributed by atoms with Gasteiger partial charge in [0.15, 0.2) is 0 Å². The summed E-state index contributed by atoms with van der Waals surface area (Å²) < 4.78 is 0. The minimum Gasteiger partial charge on any atom is -0.226 e. The van der Waals surface area contributed by atoms with E-state index in [0.717, 1.165) is 13.1 Å². The van der Waals surface area contributed by atoms with E-state index < -0.39 is 0 Å². The summed E-state index contributed by atoms with van der Waals surface area (Å²) in [7, 11) is 0. The maximum absolute atomic E-state index is 4.12. The molecule has 2 nitrogen and oxygen atoms in total. The van der Waals surface area contributed by atoms with Crippen LogP contribution in [0.4, 0.5) is 0 Å². The Morgan fingerprint density at radius 3 is 2.57 bits per heavy atom. The lowest BCUT2D eigenvalue weighted by atomic mass is 10.0. The highest BCUT2D eigenvalue weighted by atomic mass is 14.8. The minimum atomic E-state index is 0.441. The standard InChI is InChI=1S/C12H16N2/c1-3-13-10-14-9-11(2)12-7-5-4-6-8-12/h4-8,11H,3,9H2,1-2H3. The summed E-state index contributed by atoms with van der Waals surface area (Å²) in [5.41, 5.74) is 1.31. The van der Waals surface area contributed by atoms with Gasteiger partial charge in [-0.2, -0.15) is 0 Å². The highest BCUT2D eigenvalue weighted by Crippen LogP contribution is 2.13. The van der Waals surface area contributed by atoms with E-state index in [0.29, 0.717) is 5.92 Å². The molecule has 0 aliphatic carbocycles. The van der Waals surface area contributed by atoms with Crippen molar-refractivity contribution in [2.45, 2.75) is 19.8 Å². The van der Waals surface area contributed by atoms with Gasteiger partial charge in [-0.3, -0.25) is 0 Å². The van der Waals surface area contributed by atoms with Crippen molar-refractivity contribution in [1.29, 1.82) is 0 Å². The van der Waals surface area contributed by atoms with Gasteiger partial charge >= 0.3 is 0 Å². The summed E-state index contributed by atoms with van der Waals surface area (Å²) in [6.07, 6.45) is 0. The van der Waals surface area contributed by atoms with E-state index in [1.165, 1.54) is 5.56 Å². The van der Waals surface area contributed by atoms with Gasteiger partial charge in [-0.1, -0.05) is 37.3 Å². The second kappa shape index (κ2) is 6.11. The Balaban J connectivity index is 2.51. The third kappa shape index (κ3) is 3.55.